The van der Waals surface area contributed by atoms with Crippen molar-refractivity contribution in [3.8, 4) is 0 Å². The molecule has 7 heteroatoms. The fraction of sp³-hybridized carbons (Fsp3) is 0.500. The number of rotatable bonds is 6. The quantitative estimate of drug-likeness (QED) is 0.596. The third kappa shape index (κ3) is 4.42. The van der Waals surface area contributed by atoms with Crippen LogP contribution in [0.5, 0.6) is 0 Å². The summed E-state index contributed by atoms with van der Waals surface area (Å²) in [5.41, 5.74) is -2.02. The zero-order valence-corrected chi connectivity index (χ0v) is 11.8. The first-order valence-electron chi connectivity index (χ1n) is 6.55. The molecule has 0 atom stereocenters. The van der Waals surface area contributed by atoms with Crippen molar-refractivity contribution in [3.63, 3.8) is 0 Å². The summed E-state index contributed by atoms with van der Waals surface area (Å²) in [6, 6.07) is 2.69. The van der Waals surface area contributed by atoms with Crippen LogP contribution in [0, 0.1) is 5.82 Å². The van der Waals surface area contributed by atoms with Gasteiger partial charge < -0.3 is 9.64 Å². The topological polar surface area (TPSA) is 29.5 Å². The van der Waals surface area contributed by atoms with Gasteiger partial charge in [-0.3, -0.25) is 4.79 Å². The molecular weight excluding hydrogens is 290 g/mol. The highest BCUT2D eigenvalue weighted by Crippen LogP contribution is 2.32. The van der Waals surface area contributed by atoms with Gasteiger partial charge in [0.1, 0.15) is 5.82 Å². The molecule has 3 nitrogen and oxygen atoms in total. The molecule has 1 aromatic rings. The van der Waals surface area contributed by atoms with E-state index in [1.807, 2.05) is 0 Å². The molecule has 1 rings (SSSR count). The van der Waals surface area contributed by atoms with Gasteiger partial charge in [-0.15, -0.1) is 0 Å². The smallest absolute Gasteiger partial charge is 0.380 e. The van der Waals surface area contributed by atoms with Crippen LogP contribution < -0.4 is 0 Å². The van der Waals surface area contributed by atoms with Crippen LogP contribution in [0.25, 0.3) is 0 Å². The van der Waals surface area contributed by atoms with Gasteiger partial charge in [-0.05, 0) is 26.0 Å². The van der Waals surface area contributed by atoms with Crippen LogP contribution in [0.15, 0.2) is 18.2 Å². The number of hydrogen-bond donors (Lipinski definition) is 0. The highest BCUT2D eigenvalue weighted by Gasteiger charge is 2.36. The summed E-state index contributed by atoms with van der Waals surface area (Å²) in [5, 5.41) is 0. The Kier molecular flexibility index (Phi) is 6.14. The largest absolute Gasteiger partial charge is 0.419 e. The standard InChI is InChI=1S/C14H17F4NO2/c1-3-19(8-9-21-4-2)13(20)10-6-5-7-11(12(10)15)14(16,17)18/h5-7H,3-4,8-9H2,1-2H3. The second kappa shape index (κ2) is 7.40. The molecule has 0 heterocycles. The van der Waals surface area contributed by atoms with Crippen molar-refractivity contribution in [3.05, 3.63) is 35.1 Å². The Morgan fingerprint density at radius 3 is 2.48 bits per heavy atom. The van der Waals surface area contributed by atoms with Crippen molar-refractivity contribution in [1.29, 1.82) is 0 Å². The Bertz CT molecular complexity index is 488. The minimum Gasteiger partial charge on any atom is -0.380 e. The summed E-state index contributed by atoms with van der Waals surface area (Å²) >= 11 is 0. The lowest BCUT2D eigenvalue weighted by atomic mass is 10.1. The first-order chi connectivity index (χ1) is 9.82. The molecule has 0 aliphatic rings. The lowest BCUT2D eigenvalue weighted by Crippen LogP contribution is -2.34. The number of carbonyl (C=O) groups excluding carboxylic acids is 1. The second-order valence-electron chi connectivity index (χ2n) is 4.25. The second-order valence-corrected chi connectivity index (χ2v) is 4.25. The molecule has 0 radical (unpaired) electrons. The summed E-state index contributed by atoms with van der Waals surface area (Å²) in [6.45, 7) is 4.60. The van der Waals surface area contributed by atoms with Gasteiger partial charge in [-0.2, -0.15) is 13.2 Å². The molecule has 0 unspecified atom stereocenters. The van der Waals surface area contributed by atoms with Gasteiger partial charge in [-0.1, -0.05) is 6.07 Å². The lowest BCUT2D eigenvalue weighted by Gasteiger charge is -2.21. The number of amides is 1. The minimum absolute atomic E-state index is 0.193. The monoisotopic (exact) mass is 307 g/mol. The maximum Gasteiger partial charge on any atom is 0.419 e. The van der Waals surface area contributed by atoms with Crippen LogP contribution in [0.4, 0.5) is 17.6 Å². The molecule has 0 aliphatic carbocycles. The van der Waals surface area contributed by atoms with Crippen LogP contribution in [0.3, 0.4) is 0 Å². The van der Waals surface area contributed by atoms with Crippen molar-refractivity contribution in [2.24, 2.45) is 0 Å². The van der Waals surface area contributed by atoms with E-state index in [9.17, 15) is 22.4 Å². The van der Waals surface area contributed by atoms with E-state index >= 15 is 0 Å². The molecular formula is C14H17F4NO2. The van der Waals surface area contributed by atoms with Crippen LogP contribution in [-0.2, 0) is 10.9 Å². The predicted molar refractivity (Wildman–Crippen MR) is 69.5 cm³/mol. The Morgan fingerprint density at radius 2 is 1.95 bits per heavy atom. The number of likely N-dealkylation sites (N-methyl/N-ethyl adjacent to an activating group) is 1. The Balaban J connectivity index is 3.01. The number of alkyl halides is 3. The maximum absolute atomic E-state index is 13.9. The van der Waals surface area contributed by atoms with E-state index in [2.05, 4.69) is 0 Å². The molecule has 1 aromatic carbocycles. The molecule has 0 bridgehead atoms. The third-order valence-electron chi connectivity index (χ3n) is 2.91. The normalized spacial score (nSPS) is 11.5. The van der Waals surface area contributed by atoms with E-state index in [4.69, 9.17) is 4.74 Å². The maximum atomic E-state index is 13.9. The fourth-order valence-corrected chi connectivity index (χ4v) is 1.81. The summed E-state index contributed by atoms with van der Waals surface area (Å²) in [6.07, 6.45) is -4.83. The Labute approximate surface area is 120 Å². The number of benzene rings is 1. The first-order valence-corrected chi connectivity index (χ1v) is 6.55. The van der Waals surface area contributed by atoms with Crippen LogP contribution >= 0.6 is 0 Å². The summed E-state index contributed by atoms with van der Waals surface area (Å²) in [7, 11) is 0. The SMILES string of the molecule is CCOCCN(CC)C(=O)c1cccc(C(F)(F)F)c1F. The zero-order valence-electron chi connectivity index (χ0n) is 11.8. The molecule has 0 saturated carbocycles. The van der Waals surface area contributed by atoms with Gasteiger partial charge in [0.15, 0.2) is 0 Å². The molecule has 1 amide bonds. The Hall–Kier alpha value is -1.63. The molecule has 0 saturated heterocycles. The fourth-order valence-electron chi connectivity index (χ4n) is 1.81. The first kappa shape index (κ1) is 17.4. The van der Waals surface area contributed by atoms with Crippen molar-refractivity contribution in [2.75, 3.05) is 26.3 Å². The Morgan fingerprint density at radius 1 is 1.29 bits per heavy atom. The predicted octanol–water partition coefficient (Wildman–Crippen LogP) is 3.34. The number of carbonyl (C=O) groups is 1. The average molecular weight is 307 g/mol. The van der Waals surface area contributed by atoms with Crippen molar-refractivity contribution in [2.45, 2.75) is 20.0 Å². The summed E-state index contributed by atoms with van der Waals surface area (Å²) in [5.74, 6) is -2.31. The van der Waals surface area contributed by atoms with Crippen molar-refractivity contribution >= 4 is 5.91 Å². The molecule has 0 N–H and O–H groups in total. The minimum atomic E-state index is -4.83. The van der Waals surface area contributed by atoms with Gasteiger partial charge >= 0.3 is 6.18 Å². The highest BCUT2D eigenvalue weighted by molar-refractivity contribution is 5.94. The molecule has 0 aromatic heterocycles. The third-order valence-corrected chi connectivity index (χ3v) is 2.91. The highest BCUT2D eigenvalue weighted by atomic mass is 19.4. The molecule has 118 valence electrons. The van der Waals surface area contributed by atoms with Gasteiger partial charge in [0, 0.05) is 19.7 Å². The molecule has 0 aliphatic heterocycles. The van der Waals surface area contributed by atoms with Crippen molar-refractivity contribution < 1.29 is 27.1 Å². The van der Waals surface area contributed by atoms with Gasteiger partial charge in [0.25, 0.3) is 5.91 Å². The zero-order chi connectivity index (χ0) is 16.0. The number of hydrogen-bond acceptors (Lipinski definition) is 2. The van der Waals surface area contributed by atoms with E-state index in [1.165, 1.54) is 4.90 Å². The number of ether oxygens (including phenoxy) is 1. The van der Waals surface area contributed by atoms with Gasteiger partial charge in [0.2, 0.25) is 0 Å². The van der Waals surface area contributed by atoms with Crippen molar-refractivity contribution in [1.82, 2.24) is 4.90 Å². The van der Waals surface area contributed by atoms with Crippen LogP contribution in [-0.4, -0.2) is 37.1 Å². The van der Waals surface area contributed by atoms with Crippen LogP contribution in [0.2, 0.25) is 0 Å². The van der Waals surface area contributed by atoms with E-state index < -0.39 is 29.0 Å². The average Bonchev–Trinajstić information content (AvgIpc) is 2.42. The summed E-state index contributed by atoms with van der Waals surface area (Å²) in [4.78, 5) is 13.4. The van der Waals surface area contributed by atoms with E-state index in [0.717, 1.165) is 12.1 Å². The molecule has 21 heavy (non-hydrogen) atoms. The molecule has 0 spiro atoms. The number of nitrogens with zero attached hydrogens (tertiary/aromatic N) is 1. The number of halogens is 4. The van der Waals surface area contributed by atoms with E-state index in [1.54, 1.807) is 13.8 Å². The lowest BCUT2D eigenvalue weighted by molar-refractivity contribution is -0.140. The van der Waals surface area contributed by atoms with E-state index in [0.29, 0.717) is 12.7 Å². The van der Waals surface area contributed by atoms with Gasteiger partial charge in [0.05, 0.1) is 17.7 Å². The van der Waals surface area contributed by atoms with E-state index in [-0.39, 0.29) is 19.7 Å². The van der Waals surface area contributed by atoms with Gasteiger partial charge in [-0.25, -0.2) is 4.39 Å². The van der Waals surface area contributed by atoms with Crippen LogP contribution in [0.1, 0.15) is 29.8 Å². The summed E-state index contributed by atoms with van der Waals surface area (Å²) < 4.78 is 56.9. The molecule has 0 fully saturated rings.